The van der Waals surface area contributed by atoms with Crippen LogP contribution in [0.15, 0.2) is 12.1 Å². The first-order valence-corrected chi connectivity index (χ1v) is 5.58. The van der Waals surface area contributed by atoms with E-state index < -0.39 is 5.54 Å². The molecule has 0 aliphatic carbocycles. The molecule has 0 bridgehead atoms. The number of aromatic hydroxyl groups is 1. The van der Waals surface area contributed by atoms with E-state index in [0.29, 0.717) is 5.69 Å². The molecule has 17 heavy (non-hydrogen) atoms. The van der Waals surface area contributed by atoms with Gasteiger partial charge in [-0.3, -0.25) is 4.79 Å². The van der Waals surface area contributed by atoms with Gasteiger partial charge in [0.15, 0.2) is 0 Å². The molecule has 0 aliphatic rings. The van der Waals surface area contributed by atoms with Crippen molar-refractivity contribution in [1.82, 2.24) is 5.32 Å². The van der Waals surface area contributed by atoms with E-state index in [2.05, 4.69) is 10.6 Å². The first-order chi connectivity index (χ1) is 7.77. The molecule has 1 aromatic rings. The largest absolute Gasteiger partial charge is 0.505 e. The Balaban J connectivity index is 3.00. The monoisotopic (exact) mass is 236 g/mol. The number of nitrogens with one attached hydrogen (secondary N) is 2. The fraction of sp³-hybridized carbons (Fsp3) is 0.462. The van der Waals surface area contributed by atoms with Crippen LogP contribution in [0.1, 0.15) is 25.0 Å². The maximum Gasteiger partial charge on any atom is 0.244 e. The third-order valence-corrected chi connectivity index (χ3v) is 2.89. The molecule has 0 aromatic heterocycles. The van der Waals surface area contributed by atoms with Gasteiger partial charge < -0.3 is 15.7 Å². The Morgan fingerprint density at radius 2 is 1.88 bits per heavy atom. The van der Waals surface area contributed by atoms with Crippen molar-refractivity contribution in [2.75, 3.05) is 12.4 Å². The minimum absolute atomic E-state index is 0.121. The number of hydrogen-bond acceptors (Lipinski definition) is 3. The summed E-state index contributed by atoms with van der Waals surface area (Å²) in [5.41, 5.74) is 1.53. The van der Waals surface area contributed by atoms with Crippen LogP contribution in [0.3, 0.4) is 0 Å². The molecule has 1 aromatic carbocycles. The zero-order valence-electron chi connectivity index (χ0n) is 11.0. The highest BCUT2D eigenvalue weighted by molar-refractivity contribution is 5.98. The van der Waals surface area contributed by atoms with Gasteiger partial charge in [0.1, 0.15) is 5.75 Å². The molecule has 0 aliphatic heterocycles. The zero-order chi connectivity index (χ0) is 13.2. The molecule has 4 heteroatoms. The van der Waals surface area contributed by atoms with E-state index in [-0.39, 0.29) is 11.7 Å². The molecular weight excluding hydrogens is 216 g/mol. The molecule has 0 fully saturated rings. The molecule has 0 heterocycles. The van der Waals surface area contributed by atoms with E-state index >= 15 is 0 Å². The van der Waals surface area contributed by atoms with Crippen LogP contribution < -0.4 is 10.6 Å². The number of rotatable bonds is 3. The van der Waals surface area contributed by atoms with Crippen LogP contribution in [-0.2, 0) is 4.79 Å². The zero-order valence-corrected chi connectivity index (χ0v) is 11.0. The lowest BCUT2D eigenvalue weighted by atomic mass is 10.0. The number of phenols is 1. The second-order valence-electron chi connectivity index (χ2n) is 4.81. The molecule has 0 atom stereocenters. The van der Waals surface area contributed by atoms with Crippen molar-refractivity contribution in [2.24, 2.45) is 0 Å². The molecule has 1 amide bonds. The minimum Gasteiger partial charge on any atom is -0.505 e. The van der Waals surface area contributed by atoms with Crippen molar-refractivity contribution < 1.29 is 9.90 Å². The van der Waals surface area contributed by atoms with Gasteiger partial charge in [0.2, 0.25) is 5.91 Å². The maximum absolute atomic E-state index is 12.0. The van der Waals surface area contributed by atoms with Gasteiger partial charge in [-0.1, -0.05) is 6.07 Å². The predicted octanol–water partition coefficient (Wildman–Crippen LogP) is 1.95. The highest BCUT2D eigenvalue weighted by atomic mass is 16.3. The average molecular weight is 236 g/mol. The van der Waals surface area contributed by atoms with E-state index in [0.717, 1.165) is 11.1 Å². The fourth-order valence-corrected chi connectivity index (χ4v) is 1.45. The van der Waals surface area contributed by atoms with E-state index in [1.165, 1.54) is 0 Å². The van der Waals surface area contributed by atoms with Crippen LogP contribution in [0.25, 0.3) is 0 Å². The Morgan fingerprint density at radius 1 is 1.29 bits per heavy atom. The number of carbonyl (C=O) groups excluding carboxylic acids is 1. The van der Waals surface area contributed by atoms with Crippen LogP contribution >= 0.6 is 0 Å². The van der Waals surface area contributed by atoms with E-state index in [4.69, 9.17) is 0 Å². The quantitative estimate of drug-likeness (QED) is 0.703. The molecule has 0 saturated heterocycles. The van der Waals surface area contributed by atoms with Crippen molar-refractivity contribution in [3.8, 4) is 5.75 Å². The van der Waals surface area contributed by atoms with Crippen LogP contribution in [0.5, 0.6) is 5.75 Å². The number of aryl methyl sites for hydroxylation is 2. The Bertz CT molecular complexity index is 439. The highest BCUT2D eigenvalue weighted by Crippen LogP contribution is 2.29. The van der Waals surface area contributed by atoms with Crippen LogP contribution in [0.4, 0.5) is 5.69 Å². The number of benzene rings is 1. The molecule has 94 valence electrons. The van der Waals surface area contributed by atoms with Crippen molar-refractivity contribution in [2.45, 2.75) is 33.2 Å². The summed E-state index contributed by atoms with van der Waals surface area (Å²) < 4.78 is 0. The summed E-state index contributed by atoms with van der Waals surface area (Å²) in [7, 11) is 1.72. The van der Waals surface area contributed by atoms with Crippen LogP contribution in [0.2, 0.25) is 0 Å². The topological polar surface area (TPSA) is 61.4 Å². The molecule has 0 saturated carbocycles. The standard InChI is InChI=1S/C13H20N2O2/c1-8-6-9(2)11(16)10(7-8)15-12(17)13(3,4)14-5/h6-7,14,16H,1-5H3,(H,15,17). The van der Waals surface area contributed by atoms with E-state index in [9.17, 15) is 9.90 Å². The lowest BCUT2D eigenvalue weighted by Crippen LogP contribution is -2.47. The molecule has 1 rings (SSSR count). The summed E-state index contributed by atoms with van der Waals surface area (Å²) in [6.07, 6.45) is 0. The summed E-state index contributed by atoms with van der Waals surface area (Å²) >= 11 is 0. The van der Waals surface area contributed by atoms with Gasteiger partial charge in [-0.2, -0.15) is 0 Å². The molecule has 3 N–H and O–H groups in total. The van der Waals surface area contributed by atoms with Crippen LogP contribution in [-0.4, -0.2) is 23.6 Å². The van der Waals surface area contributed by atoms with Gasteiger partial charge in [-0.05, 0) is 51.9 Å². The summed E-state index contributed by atoms with van der Waals surface area (Å²) in [5.74, 6) is -0.0591. The predicted molar refractivity (Wildman–Crippen MR) is 69.3 cm³/mol. The van der Waals surface area contributed by atoms with Gasteiger partial charge >= 0.3 is 0 Å². The molecule has 0 radical (unpaired) electrons. The summed E-state index contributed by atoms with van der Waals surface area (Å²) in [6, 6.07) is 3.63. The lowest BCUT2D eigenvalue weighted by Gasteiger charge is -2.23. The third-order valence-electron chi connectivity index (χ3n) is 2.89. The first kappa shape index (κ1) is 13.5. The Morgan fingerprint density at radius 3 is 2.41 bits per heavy atom. The van der Waals surface area contributed by atoms with E-state index in [1.54, 1.807) is 33.9 Å². The Labute approximate surface area is 102 Å². The van der Waals surface area contributed by atoms with Gasteiger partial charge in [0.05, 0.1) is 11.2 Å². The molecule has 0 spiro atoms. The smallest absolute Gasteiger partial charge is 0.244 e. The second-order valence-corrected chi connectivity index (χ2v) is 4.81. The van der Waals surface area contributed by atoms with Crippen LogP contribution in [0, 0.1) is 13.8 Å². The number of likely N-dealkylation sites (N-methyl/N-ethyl adjacent to an activating group) is 1. The van der Waals surface area contributed by atoms with Crippen molar-refractivity contribution in [3.63, 3.8) is 0 Å². The molecule has 0 unspecified atom stereocenters. The fourth-order valence-electron chi connectivity index (χ4n) is 1.45. The Hall–Kier alpha value is -1.55. The molecule has 4 nitrogen and oxygen atoms in total. The number of phenolic OH excluding ortho intramolecular Hbond substituents is 1. The van der Waals surface area contributed by atoms with Gasteiger partial charge in [0.25, 0.3) is 0 Å². The van der Waals surface area contributed by atoms with Gasteiger partial charge in [-0.15, -0.1) is 0 Å². The van der Waals surface area contributed by atoms with Crippen molar-refractivity contribution in [1.29, 1.82) is 0 Å². The first-order valence-electron chi connectivity index (χ1n) is 5.58. The third kappa shape index (κ3) is 2.97. The van der Waals surface area contributed by atoms with Crippen molar-refractivity contribution in [3.05, 3.63) is 23.3 Å². The normalized spacial score (nSPS) is 11.4. The maximum atomic E-state index is 12.0. The summed E-state index contributed by atoms with van der Waals surface area (Å²) in [6.45, 7) is 7.29. The minimum atomic E-state index is -0.676. The van der Waals surface area contributed by atoms with E-state index in [1.807, 2.05) is 13.0 Å². The van der Waals surface area contributed by atoms with Gasteiger partial charge in [-0.25, -0.2) is 0 Å². The van der Waals surface area contributed by atoms with Gasteiger partial charge in [0, 0.05) is 0 Å². The number of anilines is 1. The highest BCUT2D eigenvalue weighted by Gasteiger charge is 2.26. The van der Waals surface area contributed by atoms with Crippen molar-refractivity contribution >= 4 is 11.6 Å². The summed E-state index contributed by atoms with van der Waals surface area (Å²) in [5, 5.41) is 15.5. The number of carbonyl (C=O) groups is 1. The second kappa shape index (κ2) is 4.75. The summed E-state index contributed by atoms with van der Waals surface area (Å²) in [4.78, 5) is 12.0. The lowest BCUT2D eigenvalue weighted by molar-refractivity contribution is -0.121. The SMILES string of the molecule is CNC(C)(C)C(=O)Nc1cc(C)cc(C)c1O. The number of hydrogen-bond donors (Lipinski definition) is 3. The Kier molecular flexibility index (Phi) is 3.78. The average Bonchev–Trinajstić information content (AvgIpc) is 2.25. The number of amides is 1. The molecular formula is C13H20N2O2.